The predicted molar refractivity (Wildman–Crippen MR) is 59.8 cm³/mol. The smallest absolute Gasteiger partial charge is 0.0557 e. The number of hydrogen-bond acceptors (Lipinski definition) is 3. The van der Waals surface area contributed by atoms with Crippen LogP contribution in [0.4, 0.5) is 0 Å². The second-order valence-corrected chi connectivity index (χ2v) is 6.09. The third-order valence-electron chi connectivity index (χ3n) is 3.84. The van der Waals surface area contributed by atoms with E-state index in [9.17, 15) is 5.11 Å². The van der Waals surface area contributed by atoms with Gasteiger partial charge < -0.3 is 14.7 Å². The SMILES string of the molecule is CC1(C)CCN(CC2(CO)CCOC2)C1. The molecule has 1 atom stereocenters. The first-order valence-electron chi connectivity index (χ1n) is 5.96. The van der Waals surface area contributed by atoms with E-state index < -0.39 is 0 Å². The molecule has 2 aliphatic heterocycles. The van der Waals surface area contributed by atoms with Crippen molar-refractivity contribution < 1.29 is 9.84 Å². The molecule has 0 aromatic rings. The molecular formula is C12H23NO2. The zero-order chi connectivity index (χ0) is 10.9. The van der Waals surface area contributed by atoms with Gasteiger partial charge in [-0.15, -0.1) is 0 Å². The van der Waals surface area contributed by atoms with Crippen LogP contribution < -0.4 is 0 Å². The molecule has 2 rings (SSSR count). The molecule has 0 radical (unpaired) electrons. The van der Waals surface area contributed by atoms with E-state index >= 15 is 0 Å². The number of likely N-dealkylation sites (tertiary alicyclic amines) is 1. The molecule has 0 bridgehead atoms. The Morgan fingerprint density at radius 2 is 2.13 bits per heavy atom. The van der Waals surface area contributed by atoms with E-state index in [2.05, 4.69) is 18.7 Å². The fourth-order valence-corrected chi connectivity index (χ4v) is 2.78. The van der Waals surface area contributed by atoms with Crippen molar-refractivity contribution in [3.8, 4) is 0 Å². The van der Waals surface area contributed by atoms with Crippen LogP contribution in [0.5, 0.6) is 0 Å². The fraction of sp³-hybridized carbons (Fsp3) is 1.00. The molecule has 0 aliphatic carbocycles. The van der Waals surface area contributed by atoms with Crippen molar-refractivity contribution in [2.24, 2.45) is 10.8 Å². The minimum Gasteiger partial charge on any atom is -0.396 e. The van der Waals surface area contributed by atoms with Crippen LogP contribution in [0.1, 0.15) is 26.7 Å². The predicted octanol–water partition coefficient (Wildman–Crippen LogP) is 1.12. The molecule has 0 aromatic carbocycles. The number of rotatable bonds is 3. The average Bonchev–Trinajstić information content (AvgIpc) is 2.75. The van der Waals surface area contributed by atoms with Gasteiger partial charge >= 0.3 is 0 Å². The lowest BCUT2D eigenvalue weighted by atomic mass is 9.87. The second kappa shape index (κ2) is 4.04. The van der Waals surface area contributed by atoms with Crippen molar-refractivity contribution in [2.45, 2.75) is 26.7 Å². The number of nitrogens with zero attached hydrogens (tertiary/aromatic N) is 1. The van der Waals surface area contributed by atoms with Crippen molar-refractivity contribution >= 4 is 0 Å². The first-order valence-corrected chi connectivity index (χ1v) is 5.96. The lowest BCUT2D eigenvalue weighted by Gasteiger charge is -2.31. The number of aliphatic hydroxyl groups is 1. The lowest BCUT2D eigenvalue weighted by Crippen LogP contribution is -2.40. The molecule has 0 amide bonds. The van der Waals surface area contributed by atoms with Gasteiger partial charge in [-0.1, -0.05) is 13.8 Å². The Balaban J connectivity index is 1.91. The van der Waals surface area contributed by atoms with Crippen molar-refractivity contribution in [3.05, 3.63) is 0 Å². The number of hydrogen-bond donors (Lipinski definition) is 1. The fourth-order valence-electron chi connectivity index (χ4n) is 2.78. The maximum absolute atomic E-state index is 9.50. The first-order chi connectivity index (χ1) is 7.05. The van der Waals surface area contributed by atoms with Gasteiger partial charge in [0.15, 0.2) is 0 Å². The Morgan fingerprint density at radius 1 is 1.33 bits per heavy atom. The standard InChI is InChI=1S/C12H23NO2/c1-11(2)3-5-13(7-11)8-12(9-14)4-6-15-10-12/h14H,3-10H2,1-2H3. The van der Waals surface area contributed by atoms with E-state index in [0.717, 1.165) is 32.7 Å². The van der Waals surface area contributed by atoms with Gasteiger partial charge in [-0.05, 0) is 24.8 Å². The third-order valence-corrected chi connectivity index (χ3v) is 3.84. The molecule has 3 heteroatoms. The number of ether oxygens (including phenoxy) is 1. The van der Waals surface area contributed by atoms with Gasteiger partial charge in [0.1, 0.15) is 0 Å². The summed E-state index contributed by atoms with van der Waals surface area (Å²) in [7, 11) is 0. The van der Waals surface area contributed by atoms with Gasteiger partial charge in [-0.2, -0.15) is 0 Å². The highest BCUT2D eigenvalue weighted by molar-refractivity contribution is 4.90. The monoisotopic (exact) mass is 213 g/mol. The van der Waals surface area contributed by atoms with Gasteiger partial charge in [-0.3, -0.25) is 0 Å². The Kier molecular flexibility index (Phi) is 3.06. The summed E-state index contributed by atoms with van der Waals surface area (Å²) in [6, 6.07) is 0. The summed E-state index contributed by atoms with van der Waals surface area (Å²) < 4.78 is 5.43. The lowest BCUT2D eigenvalue weighted by molar-refractivity contribution is 0.0612. The molecule has 2 fully saturated rings. The van der Waals surface area contributed by atoms with E-state index in [4.69, 9.17) is 4.74 Å². The molecule has 0 spiro atoms. The highest BCUT2D eigenvalue weighted by Gasteiger charge is 2.39. The molecule has 2 saturated heterocycles. The Morgan fingerprint density at radius 3 is 2.60 bits per heavy atom. The average molecular weight is 213 g/mol. The van der Waals surface area contributed by atoms with Crippen LogP contribution in [-0.4, -0.2) is 49.5 Å². The maximum atomic E-state index is 9.50. The van der Waals surface area contributed by atoms with Gasteiger partial charge in [0.2, 0.25) is 0 Å². The largest absolute Gasteiger partial charge is 0.396 e. The maximum Gasteiger partial charge on any atom is 0.0557 e. The molecule has 0 aromatic heterocycles. The van der Waals surface area contributed by atoms with Crippen LogP contribution in [0.15, 0.2) is 0 Å². The minimum absolute atomic E-state index is 0.0282. The van der Waals surface area contributed by atoms with Crippen LogP contribution in [0.25, 0.3) is 0 Å². The minimum atomic E-state index is 0.0282. The third kappa shape index (κ3) is 2.52. The topological polar surface area (TPSA) is 32.7 Å². The van der Waals surface area contributed by atoms with Crippen molar-refractivity contribution in [1.82, 2.24) is 4.90 Å². The molecule has 2 aliphatic rings. The molecule has 88 valence electrons. The van der Waals surface area contributed by atoms with Crippen LogP contribution >= 0.6 is 0 Å². The van der Waals surface area contributed by atoms with Gasteiger partial charge in [0, 0.05) is 25.1 Å². The summed E-state index contributed by atoms with van der Waals surface area (Å²) in [5.74, 6) is 0. The van der Waals surface area contributed by atoms with Crippen LogP contribution in [0, 0.1) is 10.8 Å². The van der Waals surface area contributed by atoms with E-state index in [-0.39, 0.29) is 12.0 Å². The molecule has 0 saturated carbocycles. The van der Waals surface area contributed by atoms with Crippen molar-refractivity contribution in [2.75, 3.05) is 39.5 Å². The zero-order valence-electron chi connectivity index (χ0n) is 9.96. The summed E-state index contributed by atoms with van der Waals surface area (Å²) in [4.78, 5) is 2.49. The highest BCUT2D eigenvalue weighted by atomic mass is 16.5. The molecule has 3 nitrogen and oxygen atoms in total. The summed E-state index contributed by atoms with van der Waals surface area (Å²) in [5.41, 5.74) is 0.483. The van der Waals surface area contributed by atoms with Gasteiger partial charge in [0.25, 0.3) is 0 Å². The molecular weight excluding hydrogens is 190 g/mol. The summed E-state index contributed by atoms with van der Waals surface area (Å²) in [5, 5.41) is 9.50. The van der Waals surface area contributed by atoms with E-state index in [1.54, 1.807) is 0 Å². The summed E-state index contributed by atoms with van der Waals surface area (Å²) >= 11 is 0. The quantitative estimate of drug-likeness (QED) is 0.762. The Labute approximate surface area is 92.4 Å². The number of aliphatic hydroxyl groups excluding tert-OH is 1. The van der Waals surface area contributed by atoms with Crippen LogP contribution in [0.2, 0.25) is 0 Å². The molecule has 1 unspecified atom stereocenters. The van der Waals surface area contributed by atoms with Crippen molar-refractivity contribution in [1.29, 1.82) is 0 Å². The van der Waals surface area contributed by atoms with E-state index in [1.165, 1.54) is 13.0 Å². The molecule has 1 N–H and O–H groups in total. The Hall–Kier alpha value is -0.120. The normalized spacial score (nSPS) is 36.2. The molecule has 2 heterocycles. The van der Waals surface area contributed by atoms with Crippen molar-refractivity contribution in [3.63, 3.8) is 0 Å². The highest BCUT2D eigenvalue weighted by Crippen LogP contribution is 2.34. The zero-order valence-corrected chi connectivity index (χ0v) is 9.96. The van der Waals surface area contributed by atoms with Crippen LogP contribution in [0.3, 0.4) is 0 Å². The molecule has 15 heavy (non-hydrogen) atoms. The Bertz CT molecular complexity index is 222. The van der Waals surface area contributed by atoms with E-state index in [0.29, 0.717) is 5.41 Å². The van der Waals surface area contributed by atoms with E-state index in [1.807, 2.05) is 0 Å². The summed E-state index contributed by atoms with van der Waals surface area (Å²) in [6.45, 7) is 9.81. The van der Waals surface area contributed by atoms with Gasteiger partial charge in [0.05, 0.1) is 13.2 Å². The second-order valence-electron chi connectivity index (χ2n) is 6.09. The van der Waals surface area contributed by atoms with Gasteiger partial charge in [-0.25, -0.2) is 0 Å². The first kappa shape index (κ1) is 11.4. The van der Waals surface area contributed by atoms with Crippen LogP contribution in [-0.2, 0) is 4.74 Å². The summed E-state index contributed by atoms with van der Waals surface area (Å²) in [6.07, 6.45) is 2.29.